The molecule has 7 heteroatoms. The Kier molecular flexibility index (Phi) is 6.35. The predicted octanol–water partition coefficient (Wildman–Crippen LogP) is 1.85. The lowest BCUT2D eigenvalue weighted by atomic mass is 10.1. The minimum absolute atomic E-state index is 0.0431. The van der Waals surface area contributed by atoms with Crippen LogP contribution in [0, 0.1) is 0 Å². The number of hydrogen-bond donors (Lipinski definition) is 1. The number of morpholine rings is 1. The van der Waals surface area contributed by atoms with E-state index in [1.807, 2.05) is 0 Å². The zero-order valence-corrected chi connectivity index (χ0v) is 12.6. The van der Waals surface area contributed by atoms with Crippen LogP contribution in [0.15, 0.2) is 18.2 Å². The molecule has 2 N–H and O–H groups in total. The lowest BCUT2D eigenvalue weighted by molar-refractivity contribution is -0.0515. The summed E-state index contributed by atoms with van der Waals surface area (Å²) in [7, 11) is 0. The molecule has 1 aliphatic rings. The van der Waals surface area contributed by atoms with Gasteiger partial charge in [-0.15, -0.1) is 0 Å². The summed E-state index contributed by atoms with van der Waals surface area (Å²) >= 11 is 0. The van der Waals surface area contributed by atoms with Crippen molar-refractivity contribution < 1.29 is 23.0 Å². The summed E-state index contributed by atoms with van der Waals surface area (Å²) in [6, 6.07) is 5.04. The van der Waals surface area contributed by atoms with Crippen molar-refractivity contribution in [3.8, 4) is 11.5 Å². The molecule has 22 heavy (non-hydrogen) atoms. The van der Waals surface area contributed by atoms with Crippen LogP contribution >= 0.6 is 0 Å². The molecule has 0 bridgehead atoms. The fraction of sp³-hybridized carbons (Fsp3) is 0.600. The number of rotatable bonds is 7. The van der Waals surface area contributed by atoms with Crippen molar-refractivity contribution in [1.29, 1.82) is 0 Å². The molecule has 1 aromatic rings. The number of benzene rings is 1. The molecule has 2 rings (SSSR count). The highest BCUT2D eigenvalue weighted by Crippen LogP contribution is 2.30. The van der Waals surface area contributed by atoms with E-state index >= 15 is 0 Å². The molecule has 0 saturated carbocycles. The van der Waals surface area contributed by atoms with Crippen molar-refractivity contribution in [2.75, 3.05) is 32.8 Å². The molecule has 1 atom stereocenters. The highest BCUT2D eigenvalue weighted by atomic mass is 19.3. The normalized spacial score (nSPS) is 19.4. The van der Waals surface area contributed by atoms with E-state index in [1.54, 1.807) is 19.1 Å². The maximum Gasteiger partial charge on any atom is 0.387 e. The van der Waals surface area contributed by atoms with Crippen LogP contribution in [0.25, 0.3) is 0 Å². The van der Waals surface area contributed by atoms with Crippen LogP contribution in [0.1, 0.15) is 12.5 Å². The maximum atomic E-state index is 12.4. The Labute approximate surface area is 128 Å². The highest BCUT2D eigenvalue weighted by Gasteiger charge is 2.20. The molecule has 0 aliphatic carbocycles. The van der Waals surface area contributed by atoms with E-state index in [-0.39, 0.29) is 11.9 Å². The van der Waals surface area contributed by atoms with E-state index in [0.29, 0.717) is 32.1 Å². The zero-order chi connectivity index (χ0) is 15.9. The van der Waals surface area contributed by atoms with Crippen molar-refractivity contribution in [2.24, 2.45) is 5.73 Å². The van der Waals surface area contributed by atoms with Crippen LogP contribution in [0.4, 0.5) is 8.78 Å². The molecular formula is C15H22F2N2O3. The first-order chi connectivity index (χ1) is 10.6. The molecule has 124 valence electrons. The quantitative estimate of drug-likeness (QED) is 0.832. The minimum atomic E-state index is -2.87. The van der Waals surface area contributed by atoms with Gasteiger partial charge in [-0.25, -0.2) is 0 Å². The highest BCUT2D eigenvalue weighted by molar-refractivity contribution is 5.43. The molecule has 0 amide bonds. The summed E-state index contributed by atoms with van der Waals surface area (Å²) in [4.78, 5) is 2.22. The molecule has 5 nitrogen and oxygen atoms in total. The van der Waals surface area contributed by atoms with Gasteiger partial charge >= 0.3 is 6.61 Å². The van der Waals surface area contributed by atoms with Crippen LogP contribution in [0.2, 0.25) is 0 Å². The van der Waals surface area contributed by atoms with E-state index < -0.39 is 6.61 Å². The van der Waals surface area contributed by atoms with Crippen molar-refractivity contribution in [3.05, 3.63) is 23.8 Å². The van der Waals surface area contributed by atoms with Gasteiger partial charge in [-0.2, -0.15) is 8.78 Å². The van der Waals surface area contributed by atoms with E-state index in [1.165, 1.54) is 6.07 Å². The largest absolute Gasteiger partial charge is 0.490 e. The molecule has 1 heterocycles. The van der Waals surface area contributed by atoms with Crippen LogP contribution in [-0.2, 0) is 11.3 Å². The van der Waals surface area contributed by atoms with Crippen LogP contribution in [-0.4, -0.2) is 50.5 Å². The first-order valence-electron chi connectivity index (χ1n) is 7.37. The fourth-order valence-corrected chi connectivity index (χ4v) is 2.44. The van der Waals surface area contributed by atoms with Crippen molar-refractivity contribution in [1.82, 2.24) is 4.90 Å². The Morgan fingerprint density at radius 3 is 2.91 bits per heavy atom. The maximum absolute atomic E-state index is 12.4. The molecule has 1 fully saturated rings. The number of alkyl halides is 2. The number of halogens is 2. The first-order valence-corrected chi connectivity index (χ1v) is 7.37. The molecule has 0 aromatic heterocycles. The molecule has 1 aromatic carbocycles. The topological polar surface area (TPSA) is 57.0 Å². The second kappa shape index (κ2) is 8.26. The third-order valence-electron chi connectivity index (χ3n) is 3.42. The number of nitrogens with two attached hydrogens (primary N) is 1. The zero-order valence-electron chi connectivity index (χ0n) is 12.6. The van der Waals surface area contributed by atoms with Gasteiger partial charge in [-0.1, -0.05) is 6.07 Å². The third-order valence-corrected chi connectivity index (χ3v) is 3.42. The summed E-state index contributed by atoms with van der Waals surface area (Å²) in [6.45, 7) is 2.71. The second-order valence-corrected chi connectivity index (χ2v) is 5.06. The van der Waals surface area contributed by atoms with Crippen LogP contribution < -0.4 is 15.2 Å². The van der Waals surface area contributed by atoms with E-state index in [2.05, 4.69) is 9.64 Å². The van der Waals surface area contributed by atoms with Crippen LogP contribution in [0.3, 0.4) is 0 Å². The van der Waals surface area contributed by atoms with Gasteiger partial charge in [-0.05, 0) is 24.6 Å². The molecule has 1 unspecified atom stereocenters. The number of nitrogens with zero attached hydrogens (tertiary/aromatic N) is 1. The molecule has 0 radical (unpaired) electrons. The summed E-state index contributed by atoms with van der Waals surface area (Å²) in [5, 5.41) is 0. The average Bonchev–Trinajstić information content (AvgIpc) is 2.50. The Balaban J connectivity index is 2.05. The van der Waals surface area contributed by atoms with Crippen molar-refractivity contribution >= 4 is 0 Å². The number of hydrogen-bond acceptors (Lipinski definition) is 5. The standard InChI is InChI=1S/C15H22F2N2O3/c1-2-20-14-7-11(3-4-13(14)22-15(16)17)9-19-5-6-21-12(8-18)10-19/h3-4,7,12,15H,2,5-6,8-10,18H2,1H3. The Morgan fingerprint density at radius 1 is 1.41 bits per heavy atom. The van der Waals surface area contributed by atoms with E-state index in [9.17, 15) is 8.78 Å². The molecular weight excluding hydrogens is 294 g/mol. The van der Waals surface area contributed by atoms with Gasteiger partial charge in [0.05, 0.1) is 19.3 Å². The number of ether oxygens (including phenoxy) is 3. The SMILES string of the molecule is CCOc1cc(CN2CCOC(CN)C2)ccc1OC(F)F. The molecule has 0 spiro atoms. The third kappa shape index (κ3) is 4.79. The lowest BCUT2D eigenvalue weighted by Crippen LogP contribution is -2.45. The minimum Gasteiger partial charge on any atom is -0.490 e. The Bertz CT molecular complexity index is 474. The van der Waals surface area contributed by atoms with Gasteiger partial charge in [0.1, 0.15) is 0 Å². The van der Waals surface area contributed by atoms with Gasteiger partial charge in [0.2, 0.25) is 0 Å². The van der Waals surface area contributed by atoms with Gasteiger partial charge in [0.15, 0.2) is 11.5 Å². The summed E-state index contributed by atoms with van der Waals surface area (Å²) < 4.78 is 40.2. The predicted molar refractivity (Wildman–Crippen MR) is 78.3 cm³/mol. The lowest BCUT2D eigenvalue weighted by Gasteiger charge is -2.32. The molecule has 1 saturated heterocycles. The summed E-state index contributed by atoms with van der Waals surface area (Å²) in [6.07, 6.45) is 0.0431. The Morgan fingerprint density at radius 2 is 2.23 bits per heavy atom. The van der Waals surface area contributed by atoms with Gasteiger partial charge in [-0.3, -0.25) is 4.90 Å². The van der Waals surface area contributed by atoms with Crippen molar-refractivity contribution in [3.63, 3.8) is 0 Å². The second-order valence-electron chi connectivity index (χ2n) is 5.06. The van der Waals surface area contributed by atoms with Gasteiger partial charge < -0.3 is 19.9 Å². The van der Waals surface area contributed by atoms with Crippen molar-refractivity contribution in [2.45, 2.75) is 26.2 Å². The fourth-order valence-electron chi connectivity index (χ4n) is 2.44. The van der Waals surface area contributed by atoms with Gasteiger partial charge in [0.25, 0.3) is 0 Å². The van der Waals surface area contributed by atoms with E-state index in [4.69, 9.17) is 15.2 Å². The first kappa shape index (κ1) is 16.9. The van der Waals surface area contributed by atoms with Gasteiger partial charge in [0, 0.05) is 26.2 Å². The molecule has 1 aliphatic heterocycles. The Hall–Kier alpha value is -1.44. The average molecular weight is 316 g/mol. The van der Waals surface area contributed by atoms with Crippen LogP contribution in [0.5, 0.6) is 11.5 Å². The monoisotopic (exact) mass is 316 g/mol. The summed E-state index contributed by atoms with van der Waals surface area (Å²) in [5.41, 5.74) is 6.60. The van der Waals surface area contributed by atoms with E-state index in [0.717, 1.165) is 18.7 Å². The smallest absolute Gasteiger partial charge is 0.387 e. The summed E-state index contributed by atoms with van der Waals surface area (Å²) in [5.74, 6) is 0.395.